The lowest BCUT2D eigenvalue weighted by atomic mass is 10.2. The molecule has 0 bridgehead atoms. The number of aromatic nitrogens is 2. The second-order valence-electron chi connectivity index (χ2n) is 6.07. The first-order valence-corrected chi connectivity index (χ1v) is 9.33. The van der Waals surface area contributed by atoms with Gasteiger partial charge in [0.25, 0.3) is 11.6 Å². The molecule has 30 heavy (non-hydrogen) atoms. The quantitative estimate of drug-likeness (QED) is 0.307. The molecule has 0 saturated heterocycles. The molecule has 3 rings (SSSR count). The average molecular weight is 474 g/mol. The van der Waals surface area contributed by atoms with E-state index in [9.17, 15) is 20.0 Å². The van der Waals surface area contributed by atoms with E-state index in [2.05, 4.69) is 31.6 Å². The van der Waals surface area contributed by atoms with Gasteiger partial charge in [-0.15, -0.1) is 0 Å². The molecule has 11 heteroatoms. The Morgan fingerprint density at radius 3 is 2.77 bits per heavy atom. The van der Waals surface area contributed by atoms with E-state index in [0.717, 1.165) is 5.56 Å². The van der Waals surface area contributed by atoms with E-state index in [1.807, 2.05) is 0 Å². The molecule has 10 nitrogen and oxygen atoms in total. The zero-order valence-corrected chi connectivity index (χ0v) is 17.2. The third kappa shape index (κ3) is 5.00. The molecular weight excluding hydrogens is 458 g/mol. The van der Waals surface area contributed by atoms with E-state index < -0.39 is 10.8 Å². The number of amides is 1. The van der Waals surface area contributed by atoms with Gasteiger partial charge in [0.1, 0.15) is 0 Å². The third-order valence-corrected chi connectivity index (χ3v) is 4.62. The number of aromatic hydroxyl groups is 1. The number of rotatable bonds is 7. The lowest BCUT2D eigenvalue weighted by Gasteiger charge is -2.06. The fourth-order valence-electron chi connectivity index (χ4n) is 2.53. The van der Waals surface area contributed by atoms with Crippen molar-refractivity contribution in [2.45, 2.75) is 6.54 Å². The Morgan fingerprint density at radius 1 is 1.37 bits per heavy atom. The lowest BCUT2D eigenvalue weighted by Crippen LogP contribution is -2.18. The van der Waals surface area contributed by atoms with Crippen LogP contribution < -0.4 is 10.2 Å². The number of ether oxygens (including phenoxy) is 1. The van der Waals surface area contributed by atoms with Crippen LogP contribution >= 0.6 is 15.9 Å². The van der Waals surface area contributed by atoms with Crippen LogP contribution in [-0.4, -0.2) is 39.0 Å². The number of methoxy groups -OCH3 is 1. The van der Waals surface area contributed by atoms with Crippen molar-refractivity contribution < 1.29 is 19.6 Å². The number of hydrogen-bond donors (Lipinski definition) is 2. The van der Waals surface area contributed by atoms with E-state index in [4.69, 9.17) is 4.74 Å². The summed E-state index contributed by atoms with van der Waals surface area (Å²) in [6.07, 6.45) is 3.03. The Kier molecular flexibility index (Phi) is 6.42. The molecule has 154 valence electrons. The number of hydrazone groups is 1. The van der Waals surface area contributed by atoms with Crippen LogP contribution in [0.25, 0.3) is 0 Å². The minimum atomic E-state index is -0.501. The van der Waals surface area contributed by atoms with Crippen LogP contribution in [0.3, 0.4) is 0 Å². The monoisotopic (exact) mass is 473 g/mol. The highest BCUT2D eigenvalue weighted by Gasteiger charge is 2.11. The number of nitrogens with one attached hydrogen (secondary N) is 1. The van der Waals surface area contributed by atoms with Gasteiger partial charge in [0, 0.05) is 18.3 Å². The predicted molar refractivity (Wildman–Crippen MR) is 112 cm³/mol. The summed E-state index contributed by atoms with van der Waals surface area (Å²) in [6.45, 7) is 0.357. The van der Waals surface area contributed by atoms with Crippen molar-refractivity contribution in [3.63, 3.8) is 0 Å². The van der Waals surface area contributed by atoms with Crippen molar-refractivity contribution in [1.82, 2.24) is 15.2 Å². The first-order chi connectivity index (χ1) is 14.4. The largest absolute Gasteiger partial charge is 0.503 e. The summed E-state index contributed by atoms with van der Waals surface area (Å²) in [5, 5.41) is 28.6. The Balaban J connectivity index is 1.62. The second-order valence-corrected chi connectivity index (χ2v) is 6.93. The highest BCUT2D eigenvalue weighted by atomic mass is 79.9. The molecule has 0 fully saturated rings. The SMILES string of the molecule is COc1cc(C=NNC(=O)c2ccn(Cc3ccc([N+](=O)[O-])cc3)n2)cc(Br)c1O. The molecule has 1 heterocycles. The number of halogens is 1. The number of benzene rings is 2. The van der Waals surface area contributed by atoms with Gasteiger partial charge in [-0.3, -0.25) is 19.6 Å². The van der Waals surface area contributed by atoms with Gasteiger partial charge < -0.3 is 9.84 Å². The van der Waals surface area contributed by atoms with Crippen molar-refractivity contribution in [1.29, 1.82) is 0 Å². The number of phenols is 1. The van der Waals surface area contributed by atoms with Crippen molar-refractivity contribution in [2.75, 3.05) is 7.11 Å². The van der Waals surface area contributed by atoms with Gasteiger partial charge in [-0.25, -0.2) is 5.43 Å². The molecule has 0 radical (unpaired) electrons. The first-order valence-electron chi connectivity index (χ1n) is 8.54. The molecule has 0 aliphatic heterocycles. The van der Waals surface area contributed by atoms with Gasteiger partial charge in [0.05, 0.1) is 29.3 Å². The zero-order valence-electron chi connectivity index (χ0n) is 15.7. The molecule has 0 spiro atoms. The first kappa shape index (κ1) is 21.0. The number of phenolic OH excluding ortho intramolecular Hbond substituents is 1. The van der Waals surface area contributed by atoms with Crippen molar-refractivity contribution in [3.8, 4) is 11.5 Å². The number of nitrogens with zero attached hydrogens (tertiary/aromatic N) is 4. The minimum Gasteiger partial charge on any atom is -0.503 e. The van der Waals surface area contributed by atoms with Crippen molar-refractivity contribution in [3.05, 3.63) is 80.1 Å². The maximum atomic E-state index is 12.2. The smallest absolute Gasteiger partial charge is 0.291 e. The molecule has 1 amide bonds. The van der Waals surface area contributed by atoms with Crippen molar-refractivity contribution >= 4 is 33.7 Å². The standard InChI is InChI=1S/C19H16BrN5O5/c1-30-17-9-13(8-15(20)18(17)26)10-21-22-19(27)16-6-7-24(23-16)11-12-2-4-14(5-3-12)25(28)29/h2-10,26H,11H2,1H3,(H,22,27). The summed E-state index contributed by atoms with van der Waals surface area (Å²) < 4.78 is 7.03. The van der Waals surface area contributed by atoms with E-state index >= 15 is 0 Å². The van der Waals surface area contributed by atoms with Crippen LogP contribution in [0.2, 0.25) is 0 Å². The summed E-state index contributed by atoms with van der Waals surface area (Å²) in [7, 11) is 1.43. The summed E-state index contributed by atoms with van der Waals surface area (Å²) in [5.41, 5.74) is 3.96. The van der Waals surface area contributed by atoms with E-state index in [1.54, 1.807) is 35.1 Å². The van der Waals surface area contributed by atoms with Gasteiger partial charge >= 0.3 is 0 Å². The average Bonchev–Trinajstić information content (AvgIpc) is 3.19. The summed E-state index contributed by atoms with van der Waals surface area (Å²) in [5.74, 6) is -0.266. The molecule has 0 aliphatic rings. The molecule has 3 aromatic rings. The number of non-ortho nitro benzene ring substituents is 1. The molecule has 0 aliphatic carbocycles. The minimum absolute atomic E-state index is 0.00965. The van der Waals surface area contributed by atoms with Crippen LogP contribution in [0.4, 0.5) is 5.69 Å². The molecular formula is C19H16BrN5O5. The lowest BCUT2D eigenvalue weighted by molar-refractivity contribution is -0.384. The number of carbonyl (C=O) groups is 1. The molecule has 0 saturated carbocycles. The predicted octanol–water partition coefficient (Wildman–Crippen LogP) is 3.08. The van der Waals surface area contributed by atoms with E-state index in [-0.39, 0.29) is 22.9 Å². The van der Waals surface area contributed by atoms with Crippen LogP contribution in [-0.2, 0) is 6.54 Å². The van der Waals surface area contributed by atoms with Gasteiger partial charge in [0.2, 0.25) is 0 Å². The van der Waals surface area contributed by atoms with E-state index in [1.165, 1.54) is 31.5 Å². The summed E-state index contributed by atoms with van der Waals surface area (Å²) >= 11 is 3.21. The third-order valence-electron chi connectivity index (χ3n) is 4.02. The fourth-order valence-corrected chi connectivity index (χ4v) is 2.99. The van der Waals surface area contributed by atoms with Gasteiger partial charge in [-0.2, -0.15) is 10.2 Å². The molecule has 0 unspecified atom stereocenters. The highest BCUT2D eigenvalue weighted by molar-refractivity contribution is 9.10. The molecule has 0 atom stereocenters. The maximum absolute atomic E-state index is 12.2. The zero-order chi connectivity index (χ0) is 21.7. The van der Waals surface area contributed by atoms with Gasteiger partial charge in [0.15, 0.2) is 17.2 Å². The number of nitro benzene ring substituents is 1. The number of hydrogen-bond acceptors (Lipinski definition) is 7. The Labute approximate surface area is 179 Å². The van der Waals surface area contributed by atoms with Crippen molar-refractivity contribution in [2.24, 2.45) is 5.10 Å². The maximum Gasteiger partial charge on any atom is 0.291 e. The Hall–Kier alpha value is -3.73. The number of nitro groups is 1. The normalized spacial score (nSPS) is 10.9. The van der Waals surface area contributed by atoms with E-state index in [0.29, 0.717) is 16.6 Å². The molecule has 2 aromatic carbocycles. The molecule has 2 N–H and O–H groups in total. The molecule has 1 aromatic heterocycles. The highest BCUT2D eigenvalue weighted by Crippen LogP contribution is 2.34. The van der Waals surface area contributed by atoms with Crippen LogP contribution in [0, 0.1) is 10.1 Å². The van der Waals surface area contributed by atoms with Gasteiger partial charge in [-0.1, -0.05) is 12.1 Å². The van der Waals surface area contributed by atoms with Crippen LogP contribution in [0.5, 0.6) is 11.5 Å². The summed E-state index contributed by atoms with van der Waals surface area (Å²) in [6, 6.07) is 10.8. The number of carbonyl (C=O) groups excluding carboxylic acids is 1. The second kappa shape index (κ2) is 9.18. The Bertz CT molecular complexity index is 1110. The van der Waals surface area contributed by atoms with Gasteiger partial charge in [-0.05, 0) is 45.3 Å². The summed E-state index contributed by atoms with van der Waals surface area (Å²) in [4.78, 5) is 22.5. The topological polar surface area (TPSA) is 132 Å². The van der Waals surface area contributed by atoms with Crippen LogP contribution in [0.1, 0.15) is 21.6 Å². The fraction of sp³-hybridized carbons (Fsp3) is 0.105. The van der Waals surface area contributed by atoms with Crippen LogP contribution in [0.15, 0.2) is 58.2 Å². The Morgan fingerprint density at radius 2 is 2.10 bits per heavy atom.